The van der Waals surface area contributed by atoms with Gasteiger partial charge in [-0.2, -0.15) is 0 Å². The Morgan fingerprint density at radius 2 is 1.00 bits per heavy atom. The number of rotatable bonds is 33. The van der Waals surface area contributed by atoms with E-state index in [1.54, 1.807) is 5.43 Å². The van der Waals surface area contributed by atoms with Gasteiger partial charge in [0.1, 0.15) is 6.04 Å². The van der Waals surface area contributed by atoms with Crippen LogP contribution < -0.4 is 21.4 Å². The van der Waals surface area contributed by atoms with E-state index in [9.17, 15) is 19.7 Å². The van der Waals surface area contributed by atoms with Crippen LogP contribution in [0.3, 0.4) is 0 Å². The molecule has 0 saturated carbocycles. The Hall–Kier alpha value is -2.39. The first kappa shape index (κ1) is 42.6. The summed E-state index contributed by atoms with van der Waals surface area (Å²) in [5.41, 5.74) is 1.75. The van der Waals surface area contributed by atoms with Gasteiger partial charge in [0.2, 0.25) is 11.8 Å². The minimum Gasteiger partial charge on any atom is -0.354 e. The van der Waals surface area contributed by atoms with Gasteiger partial charge >= 0.3 is 0 Å². The van der Waals surface area contributed by atoms with Gasteiger partial charge in [-0.1, -0.05) is 161 Å². The first-order chi connectivity index (χ1) is 21.9. The second kappa shape index (κ2) is 33.0. The van der Waals surface area contributed by atoms with Gasteiger partial charge in [-0.05, 0) is 25.7 Å². The highest BCUT2D eigenvalue weighted by Crippen LogP contribution is 2.15. The van der Waals surface area contributed by atoms with Crippen molar-refractivity contribution in [3.8, 4) is 0 Å². The predicted octanol–water partition coefficient (Wildman–Crippen LogP) is 8.47. The molecule has 1 atom stereocenters. The van der Waals surface area contributed by atoms with E-state index in [2.05, 4.69) is 29.8 Å². The van der Waals surface area contributed by atoms with Gasteiger partial charge in [-0.15, -0.1) is 0 Å². The van der Waals surface area contributed by atoms with Crippen LogP contribution in [0.5, 0.6) is 0 Å². The van der Waals surface area contributed by atoms with E-state index in [0.29, 0.717) is 25.8 Å². The maximum absolute atomic E-state index is 12.8. The maximum atomic E-state index is 12.8. The average molecular weight is 639 g/mol. The molecule has 0 radical (unpaired) electrons. The Labute approximate surface area is 275 Å². The van der Waals surface area contributed by atoms with Gasteiger partial charge in [0.05, 0.1) is 0 Å². The third kappa shape index (κ3) is 31.4. The zero-order chi connectivity index (χ0) is 33.2. The zero-order valence-electron chi connectivity index (χ0n) is 29.2. The minimum absolute atomic E-state index is 0.110. The quantitative estimate of drug-likeness (QED) is 0.0160. The first-order valence-electron chi connectivity index (χ1n) is 18.7. The second-order valence-electron chi connectivity index (χ2n) is 12.8. The molecule has 0 aromatic carbocycles. The number of hydrogen-bond donors (Lipinski definition) is 5. The third-order valence-corrected chi connectivity index (χ3v) is 8.41. The molecule has 0 aliphatic rings. The summed E-state index contributed by atoms with van der Waals surface area (Å²) in [4.78, 5) is 35.9. The highest BCUT2D eigenvalue weighted by Gasteiger charge is 2.20. The SMILES string of the molecule is CCCCCCCCCCCCCCCCCCCCCC(=O)NC(CCCNC(=N)N[N+](=O)[O-])C(=O)NCCCCCCC. The molecule has 0 aromatic heterocycles. The minimum atomic E-state index is -0.799. The number of carbonyl (C=O) groups excluding carboxylic acids is 2. The van der Waals surface area contributed by atoms with Crippen LogP contribution in [0.15, 0.2) is 0 Å². The molecule has 2 amide bonds. The summed E-state index contributed by atoms with van der Waals surface area (Å²) < 4.78 is 0. The molecule has 0 bridgehead atoms. The molecule has 0 spiro atoms. The number of hydrogen-bond acceptors (Lipinski definition) is 5. The smallest absolute Gasteiger partial charge is 0.251 e. The van der Waals surface area contributed by atoms with Crippen LogP contribution in [0.25, 0.3) is 0 Å². The molecule has 0 fully saturated rings. The van der Waals surface area contributed by atoms with Crippen LogP contribution in [0.1, 0.15) is 187 Å². The summed E-state index contributed by atoms with van der Waals surface area (Å²) in [7, 11) is 0. The molecule has 0 aliphatic heterocycles. The summed E-state index contributed by atoms with van der Waals surface area (Å²) in [6, 6.07) is -0.645. The Morgan fingerprint density at radius 3 is 1.44 bits per heavy atom. The largest absolute Gasteiger partial charge is 0.354 e. The predicted molar refractivity (Wildman–Crippen MR) is 187 cm³/mol. The van der Waals surface area contributed by atoms with E-state index in [0.717, 1.165) is 38.5 Å². The average Bonchev–Trinajstić information content (AvgIpc) is 3.01. The number of hydrazine groups is 1. The highest BCUT2D eigenvalue weighted by atomic mass is 16.7. The third-order valence-electron chi connectivity index (χ3n) is 8.41. The lowest BCUT2D eigenvalue weighted by Crippen LogP contribution is -2.47. The lowest BCUT2D eigenvalue weighted by Gasteiger charge is -2.19. The van der Waals surface area contributed by atoms with E-state index >= 15 is 0 Å². The number of nitrogens with one attached hydrogen (secondary N) is 5. The van der Waals surface area contributed by atoms with Crippen molar-refractivity contribution in [2.24, 2.45) is 0 Å². The normalized spacial score (nSPS) is 11.6. The number of nitro groups is 1. The van der Waals surface area contributed by atoms with Crippen molar-refractivity contribution in [2.45, 2.75) is 193 Å². The van der Waals surface area contributed by atoms with Crippen molar-refractivity contribution in [3.05, 3.63) is 10.1 Å². The fourth-order valence-corrected chi connectivity index (χ4v) is 5.61. The van der Waals surface area contributed by atoms with E-state index < -0.39 is 17.0 Å². The van der Waals surface area contributed by atoms with E-state index in [1.807, 2.05) is 0 Å². The molecular formula is C35H70N6O4. The van der Waals surface area contributed by atoms with E-state index in [-0.39, 0.29) is 18.4 Å². The monoisotopic (exact) mass is 639 g/mol. The van der Waals surface area contributed by atoms with Crippen molar-refractivity contribution in [3.63, 3.8) is 0 Å². The molecule has 0 heterocycles. The molecule has 1 unspecified atom stereocenters. The fraction of sp³-hybridized carbons (Fsp3) is 0.914. The van der Waals surface area contributed by atoms with Crippen LogP contribution in [-0.4, -0.2) is 41.9 Å². The summed E-state index contributed by atoms with van der Waals surface area (Å²) in [5, 5.41) is 25.6. The van der Waals surface area contributed by atoms with Gasteiger partial charge in [-0.3, -0.25) is 15.0 Å². The Bertz CT molecular complexity index is 737. The molecule has 264 valence electrons. The Kier molecular flexibility index (Phi) is 31.2. The lowest BCUT2D eigenvalue weighted by molar-refractivity contribution is -0.525. The van der Waals surface area contributed by atoms with Crippen molar-refractivity contribution in [1.29, 1.82) is 5.41 Å². The molecule has 0 rings (SSSR count). The summed E-state index contributed by atoms with van der Waals surface area (Å²) in [6.07, 6.45) is 31.7. The standard InChI is InChI=1S/C35H70N6O4/c1-3-5-7-9-10-11-12-13-14-15-16-17-18-19-20-21-22-23-25-29-33(42)39-32(28-27-31-38-35(36)40-41(44)45)34(43)37-30-26-24-8-6-4-2/h32H,3-31H2,1-2H3,(H,37,43)(H,39,42)(H3,36,38,40). The summed E-state index contributed by atoms with van der Waals surface area (Å²) in [6.45, 7) is 5.32. The van der Waals surface area contributed by atoms with Gasteiger partial charge in [0.25, 0.3) is 5.96 Å². The topological polar surface area (TPSA) is 149 Å². The number of amides is 2. The molecule has 5 N–H and O–H groups in total. The number of guanidine groups is 1. The number of unbranched alkanes of at least 4 members (excludes halogenated alkanes) is 22. The second-order valence-corrected chi connectivity index (χ2v) is 12.8. The van der Waals surface area contributed by atoms with Crippen LogP contribution >= 0.6 is 0 Å². The Morgan fingerprint density at radius 1 is 0.600 bits per heavy atom. The number of nitrogens with zero attached hydrogens (tertiary/aromatic N) is 1. The molecular weight excluding hydrogens is 568 g/mol. The summed E-state index contributed by atoms with van der Waals surface area (Å²) >= 11 is 0. The number of carbonyl (C=O) groups is 2. The van der Waals surface area contributed by atoms with Gasteiger partial charge in [0, 0.05) is 19.5 Å². The van der Waals surface area contributed by atoms with Gasteiger partial charge in [-0.25, -0.2) is 10.1 Å². The molecule has 10 nitrogen and oxygen atoms in total. The molecule has 45 heavy (non-hydrogen) atoms. The van der Waals surface area contributed by atoms with Crippen molar-refractivity contribution in [2.75, 3.05) is 13.1 Å². The van der Waals surface area contributed by atoms with Crippen LogP contribution in [0.4, 0.5) is 0 Å². The lowest BCUT2D eigenvalue weighted by atomic mass is 10.0. The molecule has 0 aliphatic carbocycles. The van der Waals surface area contributed by atoms with E-state index in [1.165, 1.54) is 116 Å². The first-order valence-corrected chi connectivity index (χ1v) is 18.7. The van der Waals surface area contributed by atoms with Crippen molar-refractivity contribution < 1.29 is 14.6 Å². The fourth-order valence-electron chi connectivity index (χ4n) is 5.61. The van der Waals surface area contributed by atoms with E-state index in [4.69, 9.17) is 5.41 Å². The van der Waals surface area contributed by atoms with Crippen molar-refractivity contribution >= 4 is 17.8 Å². The maximum Gasteiger partial charge on any atom is 0.251 e. The molecule has 10 heteroatoms. The van der Waals surface area contributed by atoms with Crippen LogP contribution in [-0.2, 0) is 9.59 Å². The zero-order valence-corrected chi connectivity index (χ0v) is 29.2. The highest BCUT2D eigenvalue weighted by molar-refractivity contribution is 5.87. The molecule has 0 aromatic rings. The van der Waals surface area contributed by atoms with Gasteiger partial charge < -0.3 is 16.0 Å². The summed E-state index contributed by atoms with van der Waals surface area (Å²) in [5.74, 6) is -0.701. The van der Waals surface area contributed by atoms with Crippen LogP contribution in [0.2, 0.25) is 0 Å². The Balaban J connectivity index is 3.97. The van der Waals surface area contributed by atoms with Crippen molar-refractivity contribution in [1.82, 2.24) is 21.4 Å². The van der Waals surface area contributed by atoms with Gasteiger partial charge in [0.15, 0.2) is 5.03 Å². The van der Waals surface area contributed by atoms with Crippen LogP contribution in [0, 0.1) is 15.5 Å². The molecule has 0 saturated heterocycles.